The molecule has 0 aliphatic carbocycles. The molecule has 0 aliphatic heterocycles. The van der Waals surface area contributed by atoms with Crippen molar-refractivity contribution in [2.45, 2.75) is 12.6 Å². The fourth-order valence-corrected chi connectivity index (χ4v) is 2.39. The highest BCUT2D eigenvalue weighted by atomic mass is 35.5. The van der Waals surface area contributed by atoms with Crippen LogP contribution in [0.1, 0.15) is 17.2 Å². The lowest BCUT2D eigenvalue weighted by molar-refractivity contribution is 0.542. The predicted octanol–water partition coefficient (Wildman–Crippen LogP) is 3.78. The molecule has 0 amide bonds. The van der Waals surface area contributed by atoms with E-state index in [-0.39, 0.29) is 6.04 Å². The minimum atomic E-state index is -0.00796. The number of nitrogens with one attached hydrogen (secondary N) is 1. The van der Waals surface area contributed by atoms with Gasteiger partial charge < -0.3 is 11.1 Å². The Kier molecular flexibility index (Phi) is 5.23. The minimum Gasteiger partial charge on any atom is -0.329 e. The Morgan fingerprint density at radius 2 is 1.74 bits per heavy atom. The van der Waals surface area contributed by atoms with Crippen molar-refractivity contribution in [2.75, 3.05) is 6.54 Å². The van der Waals surface area contributed by atoms with Gasteiger partial charge in [-0.15, -0.1) is 0 Å². The van der Waals surface area contributed by atoms with Gasteiger partial charge in [-0.05, 0) is 17.2 Å². The first-order valence-electron chi connectivity index (χ1n) is 6.13. The van der Waals surface area contributed by atoms with Gasteiger partial charge in [-0.1, -0.05) is 65.7 Å². The van der Waals surface area contributed by atoms with Crippen molar-refractivity contribution in [3.63, 3.8) is 0 Å². The van der Waals surface area contributed by atoms with Crippen LogP contribution in [-0.4, -0.2) is 6.54 Å². The summed E-state index contributed by atoms with van der Waals surface area (Å²) in [4.78, 5) is 0. The van der Waals surface area contributed by atoms with E-state index in [1.807, 2.05) is 30.3 Å². The van der Waals surface area contributed by atoms with Gasteiger partial charge in [0, 0.05) is 19.1 Å². The van der Waals surface area contributed by atoms with E-state index in [1.54, 1.807) is 6.07 Å². The molecule has 0 bridgehead atoms. The van der Waals surface area contributed by atoms with Crippen LogP contribution in [0.3, 0.4) is 0 Å². The van der Waals surface area contributed by atoms with Crippen molar-refractivity contribution in [3.8, 4) is 0 Å². The first kappa shape index (κ1) is 14.4. The highest BCUT2D eigenvalue weighted by Gasteiger charge is 2.14. The predicted molar refractivity (Wildman–Crippen MR) is 81.5 cm³/mol. The van der Waals surface area contributed by atoms with Crippen LogP contribution in [0.25, 0.3) is 0 Å². The molecule has 100 valence electrons. The molecule has 0 heterocycles. The van der Waals surface area contributed by atoms with E-state index < -0.39 is 0 Å². The molecule has 1 atom stereocenters. The summed E-state index contributed by atoms with van der Waals surface area (Å²) in [6.45, 7) is 1.21. The number of nitrogens with two attached hydrogens (primary N) is 1. The molecule has 0 saturated heterocycles. The summed E-state index contributed by atoms with van der Waals surface area (Å²) in [6, 6.07) is 15.8. The van der Waals surface area contributed by atoms with E-state index in [9.17, 15) is 0 Å². The molecule has 2 aromatic rings. The summed E-state index contributed by atoms with van der Waals surface area (Å²) in [5.41, 5.74) is 7.97. The molecule has 0 aromatic heterocycles. The Morgan fingerprint density at radius 1 is 1.00 bits per heavy atom. The molecule has 0 fully saturated rings. The fraction of sp³-hybridized carbons (Fsp3) is 0.200. The summed E-state index contributed by atoms with van der Waals surface area (Å²) in [5.74, 6) is 0. The second-order valence-corrected chi connectivity index (χ2v) is 5.08. The van der Waals surface area contributed by atoms with Crippen molar-refractivity contribution >= 4 is 23.2 Å². The lowest BCUT2D eigenvalue weighted by atomic mass is 10.1. The zero-order valence-electron chi connectivity index (χ0n) is 10.4. The Balaban J connectivity index is 2.10. The Bertz CT molecular complexity index is 529. The molecular formula is C15H16Cl2N2. The summed E-state index contributed by atoms with van der Waals surface area (Å²) in [6.07, 6.45) is 0. The van der Waals surface area contributed by atoms with Crippen LogP contribution in [0.2, 0.25) is 10.0 Å². The zero-order valence-corrected chi connectivity index (χ0v) is 12.0. The van der Waals surface area contributed by atoms with Crippen molar-refractivity contribution in [3.05, 3.63) is 69.7 Å². The average Bonchev–Trinajstić information content (AvgIpc) is 2.45. The molecule has 2 aromatic carbocycles. The van der Waals surface area contributed by atoms with Crippen molar-refractivity contribution in [2.24, 2.45) is 5.73 Å². The van der Waals surface area contributed by atoms with Gasteiger partial charge in [-0.3, -0.25) is 0 Å². The summed E-state index contributed by atoms with van der Waals surface area (Å²) >= 11 is 12.3. The van der Waals surface area contributed by atoms with Crippen molar-refractivity contribution < 1.29 is 0 Å². The quantitative estimate of drug-likeness (QED) is 0.881. The topological polar surface area (TPSA) is 38.0 Å². The number of rotatable bonds is 5. The van der Waals surface area contributed by atoms with E-state index >= 15 is 0 Å². The van der Waals surface area contributed by atoms with Crippen molar-refractivity contribution in [1.29, 1.82) is 0 Å². The summed E-state index contributed by atoms with van der Waals surface area (Å²) in [7, 11) is 0. The van der Waals surface area contributed by atoms with Gasteiger partial charge in [-0.25, -0.2) is 0 Å². The third-order valence-corrected chi connectivity index (χ3v) is 3.82. The Morgan fingerprint density at radius 3 is 2.42 bits per heavy atom. The van der Waals surface area contributed by atoms with Crippen molar-refractivity contribution in [1.82, 2.24) is 5.32 Å². The summed E-state index contributed by atoms with van der Waals surface area (Å²) in [5, 5.41) is 4.53. The molecule has 2 nitrogen and oxygen atoms in total. The van der Waals surface area contributed by atoms with Gasteiger partial charge in [0.1, 0.15) is 0 Å². The fourth-order valence-electron chi connectivity index (χ4n) is 1.95. The number of benzene rings is 2. The molecule has 3 N–H and O–H groups in total. The molecule has 0 aliphatic rings. The van der Waals surface area contributed by atoms with Crippen LogP contribution < -0.4 is 11.1 Å². The van der Waals surface area contributed by atoms with Gasteiger partial charge in [0.25, 0.3) is 0 Å². The van der Waals surface area contributed by atoms with Gasteiger partial charge in [0.05, 0.1) is 10.0 Å². The Labute approximate surface area is 123 Å². The second-order valence-electron chi connectivity index (χ2n) is 4.30. The van der Waals surface area contributed by atoms with Crippen LogP contribution in [-0.2, 0) is 6.54 Å². The van der Waals surface area contributed by atoms with E-state index in [0.717, 1.165) is 12.1 Å². The maximum absolute atomic E-state index is 6.22. The smallest absolute Gasteiger partial charge is 0.0640 e. The molecular weight excluding hydrogens is 279 g/mol. The maximum atomic E-state index is 6.22. The maximum Gasteiger partial charge on any atom is 0.0640 e. The van der Waals surface area contributed by atoms with Gasteiger partial charge >= 0.3 is 0 Å². The first-order chi connectivity index (χ1) is 9.22. The zero-order chi connectivity index (χ0) is 13.7. The van der Waals surface area contributed by atoms with Crippen LogP contribution in [0, 0.1) is 0 Å². The second kappa shape index (κ2) is 6.92. The molecule has 0 saturated carbocycles. The third-order valence-electron chi connectivity index (χ3n) is 2.99. The highest BCUT2D eigenvalue weighted by molar-refractivity contribution is 6.42. The van der Waals surface area contributed by atoms with E-state index in [0.29, 0.717) is 16.6 Å². The first-order valence-corrected chi connectivity index (χ1v) is 6.89. The average molecular weight is 295 g/mol. The van der Waals surface area contributed by atoms with Crippen LogP contribution in [0.4, 0.5) is 0 Å². The number of hydrogen-bond acceptors (Lipinski definition) is 2. The molecule has 19 heavy (non-hydrogen) atoms. The molecule has 2 rings (SSSR count). The largest absolute Gasteiger partial charge is 0.329 e. The van der Waals surface area contributed by atoms with Gasteiger partial charge in [-0.2, -0.15) is 0 Å². The van der Waals surface area contributed by atoms with Gasteiger partial charge in [0.15, 0.2) is 0 Å². The van der Waals surface area contributed by atoms with E-state index in [1.165, 1.54) is 5.56 Å². The number of hydrogen-bond donors (Lipinski definition) is 2. The van der Waals surface area contributed by atoms with Crippen LogP contribution in [0.5, 0.6) is 0 Å². The molecule has 0 spiro atoms. The monoisotopic (exact) mass is 294 g/mol. The molecule has 1 unspecified atom stereocenters. The SMILES string of the molecule is NCC(NCc1ccccc1)c1cccc(Cl)c1Cl. The molecule has 4 heteroatoms. The van der Waals surface area contributed by atoms with Crippen LogP contribution >= 0.6 is 23.2 Å². The number of halogens is 2. The summed E-state index contributed by atoms with van der Waals surface area (Å²) < 4.78 is 0. The molecule has 0 radical (unpaired) electrons. The van der Waals surface area contributed by atoms with E-state index in [2.05, 4.69) is 17.4 Å². The lowest BCUT2D eigenvalue weighted by Crippen LogP contribution is -2.28. The van der Waals surface area contributed by atoms with E-state index in [4.69, 9.17) is 28.9 Å². The Hall–Kier alpha value is -1.06. The van der Waals surface area contributed by atoms with Gasteiger partial charge in [0.2, 0.25) is 0 Å². The standard InChI is InChI=1S/C15H16Cl2N2/c16-13-8-4-7-12(15(13)17)14(9-18)19-10-11-5-2-1-3-6-11/h1-8,14,19H,9-10,18H2. The lowest BCUT2D eigenvalue weighted by Gasteiger charge is -2.19. The normalized spacial score (nSPS) is 12.4. The third kappa shape index (κ3) is 3.71. The van der Waals surface area contributed by atoms with Crippen LogP contribution in [0.15, 0.2) is 48.5 Å². The minimum absolute atomic E-state index is 0.00796. The highest BCUT2D eigenvalue weighted by Crippen LogP contribution is 2.29.